The van der Waals surface area contributed by atoms with Crippen molar-refractivity contribution >= 4 is 87.5 Å². The number of aliphatic carboxylic acids is 1. The van der Waals surface area contributed by atoms with Gasteiger partial charge in [-0.2, -0.15) is 0 Å². The first kappa shape index (κ1) is 86.9. The Hall–Kier alpha value is -9.73. The largest absolute Gasteiger partial charge is 0.508 e. The maximum atomic E-state index is 14.9. The molecule has 2 aliphatic heterocycles. The number of carboxylic acid groups (broad SMARTS) is 1. The van der Waals surface area contributed by atoms with Crippen LogP contribution in [0.15, 0.2) is 79.0 Å². The fourth-order valence-corrected chi connectivity index (χ4v) is 13.3. The van der Waals surface area contributed by atoms with Gasteiger partial charge in [-0.25, -0.2) is 4.79 Å². The van der Waals surface area contributed by atoms with Gasteiger partial charge in [0.05, 0.1) is 13.2 Å². The number of rotatable bonds is 21. The number of nitrogens with zero attached hydrogens (tertiary/aromatic N) is 3. The quantitative estimate of drug-likeness (QED) is 0.0501. The number of aliphatic hydroxyl groups is 1. The van der Waals surface area contributed by atoms with Crippen molar-refractivity contribution in [2.24, 2.45) is 29.4 Å². The molecule has 3 aromatic carbocycles. The number of phenolic OH excluding ortho intramolecular Hbond substituents is 2. The SMILES string of the molecule is CCC(=O)CC1CCCCN(C(C)=O)CCCC[C@H](CC)C1=O.CC[C@H]1CCCCN(C(C)=O)CCCCN(CC(=O)N[C@@H](Cc2ccc(O)cc2)C(=O)O)C(=O)[C@H](CC(C)C)NC(=O)C(Cc2ccc(O)cc2)NC(=O)[C@H](CCC(N)=O)NC(=O)C(CO)NC(=O)[C@H](Cc2c[nH]c3ccccc23)NC1=O. The van der Waals surface area contributed by atoms with Crippen LogP contribution in [0.25, 0.3) is 10.9 Å². The third-order valence-corrected chi connectivity index (χ3v) is 19.6. The average Bonchev–Trinajstić information content (AvgIpc) is 1.63. The smallest absolute Gasteiger partial charge is 0.326 e. The van der Waals surface area contributed by atoms with Gasteiger partial charge in [-0.15, -0.1) is 0 Å². The van der Waals surface area contributed by atoms with Gasteiger partial charge in [0.1, 0.15) is 59.3 Å². The molecule has 0 saturated carbocycles. The Morgan fingerprint density at radius 1 is 0.575 bits per heavy atom. The molecule has 9 atom stereocenters. The van der Waals surface area contributed by atoms with E-state index in [9.17, 15) is 82.8 Å². The molecule has 2 saturated heterocycles. The molecule has 0 spiro atoms. The number of fused-ring (bicyclic) bond motifs is 1. The van der Waals surface area contributed by atoms with Crippen LogP contribution >= 0.6 is 0 Å². The lowest BCUT2D eigenvalue weighted by atomic mass is 9.81. The number of hydrogen-bond acceptors (Lipinski definition) is 16. The number of H-pyrrole nitrogens is 1. The highest BCUT2D eigenvalue weighted by Crippen LogP contribution is 2.27. The second kappa shape index (κ2) is 44.9. The molecule has 4 aromatic rings. The highest BCUT2D eigenvalue weighted by Gasteiger charge is 2.36. The van der Waals surface area contributed by atoms with E-state index in [1.165, 1.54) is 60.4 Å². The minimum absolute atomic E-state index is 0.00743. The Bertz CT molecular complexity index is 3580. The van der Waals surface area contributed by atoms with Crippen LogP contribution < -0.4 is 37.6 Å². The normalized spacial score (nSPS) is 21.9. The number of ketones is 2. The standard InChI is InChI=1S/C59H80N10O14.C19H33NO3/c1-5-39-12-8-9-25-68(36(4)71)26-10-11-27-69(33-52(75)62-49(59(82)83)30-38-17-21-42(73)22-18-38)58(81)48(28-35(2)3)66-55(78)46(29-37-15-19-41(72)20-16-37)65-54(77)45(23-24-51(60)74)63-57(80)50(34-70)67-56(79)47(64-53(39)76)31-40-32-61-44-14-7-6-13-43(40)44;1-4-16-10-6-8-12-20(15(3)21)13-9-7-11-17(19(16)23)14-18(22)5-2/h6-7,13-22,32,35,39,45-50,61,70,72-73H,5,8-12,23-31,33-34H2,1-4H3,(H2,60,74)(H,62,75)(H,63,80)(H,64,76)(H,65,77)(H,66,78)(H,67,79)(H,82,83);16-17H,4-14H2,1-3H3/t39-,45-,46?,47-,48-,49-,50?;16-,17?/m00/s1. The first-order valence-electron chi connectivity index (χ1n) is 37.4. The molecule has 0 aliphatic carbocycles. The molecule has 3 heterocycles. The fraction of sp³-hybridized carbons (Fsp3) is 0.577. The lowest BCUT2D eigenvalue weighted by Crippen LogP contribution is -2.60. The molecule has 28 nitrogen and oxygen atoms in total. The van der Waals surface area contributed by atoms with Gasteiger partial charge < -0.3 is 77.7 Å². The number of carboxylic acids is 1. The summed E-state index contributed by atoms with van der Waals surface area (Å²) in [5, 5.41) is 57.1. The van der Waals surface area contributed by atoms with E-state index >= 15 is 0 Å². The maximum absolute atomic E-state index is 14.9. The summed E-state index contributed by atoms with van der Waals surface area (Å²) in [7, 11) is 0. The van der Waals surface area contributed by atoms with Crippen molar-refractivity contribution in [3.8, 4) is 11.5 Å². The molecule has 0 radical (unpaired) electrons. The van der Waals surface area contributed by atoms with Crippen LogP contribution in [0.2, 0.25) is 0 Å². The minimum Gasteiger partial charge on any atom is -0.508 e. The third-order valence-electron chi connectivity index (χ3n) is 19.6. The summed E-state index contributed by atoms with van der Waals surface area (Å²) in [5.74, 6) is -8.71. The van der Waals surface area contributed by atoms with E-state index in [2.05, 4.69) is 43.8 Å². The molecule has 3 unspecified atom stereocenters. The zero-order chi connectivity index (χ0) is 78.0. The van der Waals surface area contributed by atoms with Gasteiger partial charge in [-0.3, -0.25) is 57.5 Å². The van der Waals surface area contributed by atoms with E-state index in [1.807, 2.05) is 43.0 Å². The minimum atomic E-state index is -1.72. The zero-order valence-electron chi connectivity index (χ0n) is 62.6. The first-order valence-corrected chi connectivity index (χ1v) is 37.4. The van der Waals surface area contributed by atoms with Gasteiger partial charge >= 0.3 is 5.97 Å². The number of aliphatic hydroxyl groups excluding tert-OH is 1. The summed E-state index contributed by atoms with van der Waals surface area (Å²) in [5.41, 5.74) is 7.85. The van der Waals surface area contributed by atoms with Crippen molar-refractivity contribution in [1.29, 1.82) is 0 Å². The van der Waals surface area contributed by atoms with Crippen molar-refractivity contribution < 1.29 is 82.8 Å². The van der Waals surface area contributed by atoms with Crippen molar-refractivity contribution in [1.82, 2.24) is 51.6 Å². The second-order valence-corrected chi connectivity index (χ2v) is 28.3. The highest BCUT2D eigenvalue weighted by molar-refractivity contribution is 5.98. The summed E-state index contributed by atoms with van der Waals surface area (Å²) >= 11 is 0. The van der Waals surface area contributed by atoms with Gasteiger partial charge in [-0.1, -0.05) is 96.3 Å². The lowest BCUT2D eigenvalue weighted by Gasteiger charge is -2.31. The number of aromatic nitrogens is 1. The number of aromatic amines is 1. The Kier molecular flexibility index (Phi) is 36.8. The van der Waals surface area contributed by atoms with Gasteiger partial charge in [0.2, 0.25) is 59.1 Å². The van der Waals surface area contributed by atoms with Crippen molar-refractivity contribution in [3.63, 3.8) is 0 Å². The predicted octanol–water partition coefficient (Wildman–Crippen LogP) is 5.34. The number of carbonyl (C=O) groups is 13. The van der Waals surface area contributed by atoms with Gasteiger partial charge in [0, 0.05) is 120 Å². The molecular weight excluding hydrogens is 1360 g/mol. The predicted molar refractivity (Wildman–Crippen MR) is 398 cm³/mol. The molecule has 2 fully saturated rings. The average molecular weight is 1480 g/mol. The number of carbonyl (C=O) groups excluding carboxylic acids is 12. The van der Waals surface area contributed by atoms with E-state index in [-0.39, 0.29) is 92.0 Å². The van der Waals surface area contributed by atoms with E-state index in [0.29, 0.717) is 74.0 Å². The molecule has 1 aromatic heterocycles. The third kappa shape index (κ3) is 29.3. The van der Waals surface area contributed by atoms with Crippen molar-refractivity contribution in [2.75, 3.05) is 45.9 Å². The molecule has 0 bridgehead atoms. The number of primary amides is 1. The van der Waals surface area contributed by atoms with Crippen LogP contribution in [0.1, 0.15) is 181 Å². The van der Waals surface area contributed by atoms with Crippen LogP contribution in [0, 0.1) is 23.7 Å². The summed E-state index contributed by atoms with van der Waals surface area (Å²) in [6.45, 7) is 12.8. The second-order valence-electron chi connectivity index (χ2n) is 28.3. The first-order chi connectivity index (χ1) is 50.5. The van der Waals surface area contributed by atoms with E-state index < -0.39 is 121 Å². The molecule has 10 amide bonds. The van der Waals surface area contributed by atoms with Crippen molar-refractivity contribution in [3.05, 3.63) is 95.7 Å². The molecule has 13 N–H and O–H groups in total. The monoisotopic (exact) mass is 1480 g/mol. The maximum Gasteiger partial charge on any atom is 0.326 e. The van der Waals surface area contributed by atoms with E-state index in [4.69, 9.17) is 5.73 Å². The topological polar surface area (TPSA) is 427 Å². The Balaban J connectivity index is 0.000000744. The van der Waals surface area contributed by atoms with Crippen LogP contribution in [0.3, 0.4) is 0 Å². The molecule has 2 aliphatic rings. The fourth-order valence-electron chi connectivity index (χ4n) is 13.3. The molecule has 6 rings (SSSR count). The number of amides is 10. The van der Waals surface area contributed by atoms with Crippen LogP contribution in [0.4, 0.5) is 0 Å². The Morgan fingerprint density at radius 2 is 1.06 bits per heavy atom. The summed E-state index contributed by atoms with van der Waals surface area (Å²) < 4.78 is 0. The van der Waals surface area contributed by atoms with E-state index in [0.717, 1.165) is 68.9 Å². The van der Waals surface area contributed by atoms with Crippen molar-refractivity contribution in [2.45, 2.75) is 220 Å². The summed E-state index contributed by atoms with van der Waals surface area (Å²) in [6.07, 6.45) is 9.93. The molecular formula is C78H113N11O17. The number of aromatic hydroxyl groups is 2. The van der Waals surface area contributed by atoms with Gasteiger partial charge in [0.15, 0.2) is 0 Å². The van der Waals surface area contributed by atoms with Gasteiger partial charge in [-0.05, 0) is 130 Å². The summed E-state index contributed by atoms with van der Waals surface area (Å²) in [4.78, 5) is 182. The Labute approximate surface area is 621 Å². The number of para-hydroxylation sites is 1. The zero-order valence-corrected chi connectivity index (χ0v) is 62.6. The number of hydrogen-bond donors (Lipinski definition) is 12. The summed E-state index contributed by atoms with van der Waals surface area (Å²) in [6, 6.07) is 9.77. The molecule has 28 heteroatoms. The highest BCUT2D eigenvalue weighted by atomic mass is 16.4. The number of nitrogens with one attached hydrogen (secondary N) is 7. The van der Waals surface area contributed by atoms with Crippen LogP contribution in [0.5, 0.6) is 11.5 Å². The number of benzene rings is 3. The van der Waals surface area contributed by atoms with Crippen LogP contribution in [-0.4, -0.2) is 199 Å². The number of nitrogens with two attached hydrogens (primary N) is 1. The molecule has 106 heavy (non-hydrogen) atoms. The van der Waals surface area contributed by atoms with Gasteiger partial charge in [0.25, 0.3) is 0 Å². The van der Waals surface area contributed by atoms with Crippen LogP contribution in [-0.2, 0) is 81.6 Å². The molecule has 582 valence electrons. The van der Waals surface area contributed by atoms with E-state index in [1.54, 1.807) is 31.9 Å². The lowest BCUT2D eigenvalue weighted by molar-refractivity contribution is -0.143. The number of Topliss-reactive ketones (excluding diaryl/α,β-unsaturated/α-hetero) is 2. The Morgan fingerprint density at radius 3 is 1.59 bits per heavy atom. The number of phenols is 2.